The highest BCUT2D eigenvalue weighted by Gasteiger charge is 2.35. The van der Waals surface area contributed by atoms with Crippen LogP contribution < -0.4 is 5.32 Å². The normalized spacial score (nSPS) is 11.4. The molecule has 0 fully saturated rings. The maximum atomic E-state index is 12.9. The topological polar surface area (TPSA) is 46.9 Å². The van der Waals surface area contributed by atoms with Crippen LogP contribution in [0.1, 0.15) is 15.9 Å². The number of nitrogens with zero attached hydrogens (tertiary/aromatic N) is 2. The van der Waals surface area contributed by atoms with E-state index < -0.39 is 23.2 Å². The largest absolute Gasteiger partial charge is 0.417 e. The molecule has 0 aliphatic heterocycles. The van der Waals surface area contributed by atoms with Crippen LogP contribution in [0.4, 0.5) is 19.0 Å². The van der Waals surface area contributed by atoms with Gasteiger partial charge in [-0.1, -0.05) is 15.9 Å². The SMILES string of the molecule is Cn1nccc1NC(=O)c1ccc(Br)cc1C(F)(F)F. The number of benzene rings is 1. The van der Waals surface area contributed by atoms with Crippen molar-refractivity contribution in [3.05, 3.63) is 46.1 Å². The molecule has 0 saturated carbocycles. The molecule has 0 saturated heterocycles. The molecule has 8 heteroatoms. The summed E-state index contributed by atoms with van der Waals surface area (Å²) in [7, 11) is 1.57. The molecule has 0 radical (unpaired) electrons. The van der Waals surface area contributed by atoms with E-state index >= 15 is 0 Å². The Bertz CT molecular complexity index is 652. The Kier molecular flexibility index (Phi) is 3.85. The Morgan fingerprint density at radius 1 is 1.35 bits per heavy atom. The van der Waals surface area contributed by atoms with Crippen molar-refractivity contribution in [1.29, 1.82) is 0 Å². The summed E-state index contributed by atoms with van der Waals surface area (Å²) in [5, 5.41) is 6.21. The van der Waals surface area contributed by atoms with Gasteiger partial charge in [-0.25, -0.2) is 0 Å². The van der Waals surface area contributed by atoms with Crippen LogP contribution in [-0.2, 0) is 13.2 Å². The summed E-state index contributed by atoms with van der Waals surface area (Å²) in [4.78, 5) is 12.0. The fourth-order valence-electron chi connectivity index (χ4n) is 1.63. The van der Waals surface area contributed by atoms with Crippen molar-refractivity contribution in [3.8, 4) is 0 Å². The smallest absolute Gasteiger partial charge is 0.307 e. The van der Waals surface area contributed by atoms with Crippen LogP contribution in [0.3, 0.4) is 0 Å². The van der Waals surface area contributed by atoms with Crippen molar-refractivity contribution in [2.24, 2.45) is 7.05 Å². The highest BCUT2D eigenvalue weighted by atomic mass is 79.9. The van der Waals surface area contributed by atoms with Crippen LogP contribution in [0.15, 0.2) is 34.9 Å². The zero-order valence-corrected chi connectivity index (χ0v) is 11.8. The summed E-state index contributed by atoms with van der Waals surface area (Å²) in [6.45, 7) is 0. The molecule has 0 spiro atoms. The summed E-state index contributed by atoms with van der Waals surface area (Å²) in [6, 6.07) is 4.87. The van der Waals surface area contributed by atoms with Crippen LogP contribution in [0.2, 0.25) is 0 Å². The first-order valence-corrected chi connectivity index (χ1v) is 6.24. The minimum atomic E-state index is -4.61. The molecule has 20 heavy (non-hydrogen) atoms. The average Bonchev–Trinajstić information content (AvgIpc) is 2.73. The molecule has 1 aromatic heterocycles. The second-order valence-electron chi connectivity index (χ2n) is 3.98. The molecule has 2 rings (SSSR count). The number of amides is 1. The molecule has 0 aliphatic carbocycles. The van der Waals surface area contributed by atoms with E-state index in [1.54, 1.807) is 7.05 Å². The molecule has 0 aliphatic rings. The summed E-state index contributed by atoms with van der Waals surface area (Å²) >= 11 is 2.96. The number of carbonyl (C=O) groups excluding carboxylic acids is 1. The molecule has 1 heterocycles. The molecule has 1 amide bonds. The van der Waals surface area contributed by atoms with E-state index in [0.29, 0.717) is 5.82 Å². The van der Waals surface area contributed by atoms with Gasteiger partial charge in [0.1, 0.15) is 5.82 Å². The number of hydrogen-bond donors (Lipinski definition) is 1. The molecule has 0 bridgehead atoms. The molecular weight excluding hydrogens is 339 g/mol. The Balaban J connectivity index is 2.37. The lowest BCUT2D eigenvalue weighted by Gasteiger charge is -2.13. The molecule has 1 aromatic carbocycles. The third kappa shape index (κ3) is 3.01. The van der Waals surface area contributed by atoms with Gasteiger partial charge in [0.15, 0.2) is 0 Å². The maximum absolute atomic E-state index is 12.9. The van der Waals surface area contributed by atoms with Gasteiger partial charge >= 0.3 is 6.18 Å². The van der Waals surface area contributed by atoms with Gasteiger partial charge in [0, 0.05) is 17.6 Å². The Morgan fingerprint density at radius 3 is 2.60 bits per heavy atom. The predicted octanol–water partition coefficient (Wildman–Crippen LogP) is 3.45. The lowest BCUT2D eigenvalue weighted by Crippen LogP contribution is -2.20. The predicted molar refractivity (Wildman–Crippen MR) is 70.3 cm³/mol. The van der Waals surface area contributed by atoms with Gasteiger partial charge < -0.3 is 5.32 Å². The van der Waals surface area contributed by atoms with E-state index in [9.17, 15) is 18.0 Å². The standard InChI is InChI=1S/C12H9BrF3N3O/c1-19-10(4-5-17-19)18-11(20)8-3-2-7(13)6-9(8)12(14,15)16/h2-6H,1H3,(H,18,20). The number of nitrogens with one attached hydrogen (secondary N) is 1. The molecule has 2 aromatic rings. The number of carbonyl (C=O) groups is 1. The minimum absolute atomic E-state index is 0.252. The van der Waals surface area contributed by atoms with Crippen molar-refractivity contribution in [2.45, 2.75) is 6.18 Å². The zero-order valence-electron chi connectivity index (χ0n) is 10.2. The van der Waals surface area contributed by atoms with Gasteiger partial charge in [0.2, 0.25) is 0 Å². The fraction of sp³-hybridized carbons (Fsp3) is 0.167. The molecule has 4 nitrogen and oxygen atoms in total. The van der Waals surface area contributed by atoms with E-state index in [1.165, 1.54) is 23.0 Å². The van der Waals surface area contributed by atoms with Crippen LogP contribution >= 0.6 is 15.9 Å². The fourth-order valence-corrected chi connectivity index (χ4v) is 1.99. The van der Waals surface area contributed by atoms with Gasteiger partial charge in [-0.3, -0.25) is 9.48 Å². The summed E-state index contributed by atoms with van der Waals surface area (Å²) in [6.07, 6.45) is -3.18. The zero-order chi connectivity index (χ0) is 14.9. The summed E-state index contributed by atoms with van der Waals surface area (Å²) in [5.74, 6) is -0.528. The number of aryl methyl sites for hydroxylation is 1. The maximum Gasteiger partial charge on any atom is 0.417 e. The minimum Gasteiger partial charge on any atom is -0.307 e. The lowest BCUT2D eigenvalue weighted by molar-refractivity contribution is -0.137. The third-order valence-corrected chi connectivity index (χ3v) is 3.09. The number of hydrogen-bond acceptors (Lipinski definition) is 2. The van der Waals surface area contributed by atoms with Crippen LogP contribution in [0.5, 0.6) is 0 Å². The van der Waals surface area contributed by atoms with E-state index in [4.69, 9.17) is 0 Å². The third-order valence-electron chi connectivity index (χ3n) is 2.59. The molecule has 0 unspecified atom stereocenters. The van der Waals surface area contributed by atoms with Crippen LogP contribution in [0, 0.1) is 0 Å². The number of anilines is 1. The van der Waals surface area contributed by atoms with E-state index in [-0.39, 0.29) is 4.47 Å². The summed E-state index contributed by atoms with van der Waals surface area (Å²) < 4.78 is 40.4. The number of rotatable bonds is 2. The quantitative estimate of drug-likeness (QED) is 0.904. The van der Waals surface area contributed by atoms with E-state index in [0.717, 1.165) is 12.1 Å². The van der Waals surface area contributed by atoms with Crippen molar-refractivity contribution >= 4 is 27.7 Å². The first-order chi connectivity index (χ1) is 9.29. The van der Waals surface area contributed by atoms with Crippen molar-refractivity contribution < 1.29 is 18.0 Å². The van der Waals surface area contributed by atoms with Gasteiger partial charge in [-0.05, 0) is 18.2 Å². The molecule has 0 atom stereocenters. The highest BCUT2D eigenvalue weighted by Crippen LogP contribution is 2.34. The molecule has 1 N–H and O–H groups in total. The number of aromatic nitrogens is 2. The first kappa shape index (κ1) is 14.6. The molecular formula is C12H9BrF3N3O. The van der Waals surface area contributed by atoms with Crippen molar-refractivity contribution in [3.63, 3.8) is 0 Å². The van der Waals surface area contributed by atoms with E-state index in [1.807, 2.05) is 0 Å². The van der Waals surface area contributed by atoms with Gasteiger partial charge in [-0.15, -0.1) is 0 Å². The second kappa shape index (κ2) is 5.28. The van der Waals surface area contributed by atoms with E-state index in [2.05, 4.69) is 26.3 Å². The van der Waals surface area contributed by atoms with Crippen molar-refractivity contribution in [1.82, 2.24) is 9.78 Å². The Hall–Kier alpha value is -1.83. The number of alkyl halides is 3. The van der Waals surface area contributed by atoms with Gasteiger partial charge in [0.25, 0.3) is 5.91 Å². The first-order valence-electron chi connectivity index (χ1n) is 5.45. The Labute approximate surface area is 120 Å². The monoisotopic (exact) mass is 347 g/mol. The molecule has 106 valence electrons. The lowest BCUT2D eigenvalue weighted by atomic mass is 10.1. The summed E-state index contributed by atoms with van der Waals surface area (Å²) in [5.41, 5.74) is -1.44. The van der Waals surface area contributed by atoms with Gasteiger partial charge in [-0.2, -0.15) is 18.3 Å². The Morgan fingerprint density at radius 2 is 2.05 bits per heavy atom. The highest BCUT2D eigenvalue weighted by molar-refractivity contribution is 9.10. The van der Waals surface area contributed by atoms with Crippen LogP contribution in [0.25, 0.3) is 0 Å². The average molecular weight is 348 g/mol. The number of halogens is 4. The van der Waals surface area contributed by atoms with Gasteiger partial charge in [0.05, 0.1) is 17.3 Å². The van der Waals surface area contributed by atoms with Crippen LogP contribution in [-0.4, -0.2) is 15.7 Å². The van der Waals surface area contributed by atoms with Crippen molar-refractivity contribution in [2.75, 3.05) is 5.32 Å². The second-order valence-corrected chi connectivity index (χ2v) is 4.90.